The molecule has 0 spiro atoms. The minimum absolute atomic E-state index is 0.726. The number of hydrogen-bond acceptors (Lipinski definition) is 5. The van der Waals surface area contributed by atoms with Crippen LogP contribution in [0.5, 0.6) is 0 Å². The monoisotopic (exact) mass is 226 g/mol. The largest absolute Gasteiger partial charge is 0.339 e. The second-order valence-electron chi connectivity index (χ2n) is 3.73. The molecule has 16 heavy (non-hydrogen) atoms. The van der Waals surface area contributed by atoms with Crippen LogP contribution in [-0.4, -0.2) is 48.3 Å². The molecule has 0 aliphatic carbocycles. The number of nitrogens with zero attached hydrogens (tertiary/aromatic N) is 3. The van der Waals surface area contributed by atoms with Crippen molar-refractivity contribution in [3.8, 4) is 0 Å². The van der Waals surface area contributed by atoms with E-state index in [0.717, 1.165) is 50.7 Å². The SMILES string of the molecule is CCN(CC)CCc1noc(CCNC)n1. The molecule has 0 unspecified atom stereocenters. The van der Waals surface area contributed by atoms with Crippen LogP contribution in [0, 0.1) is 0 Å². The highest BCUT2D eigenvalue weighted by molar-refractivity contribution is 4.87. The van der Waals surface area contributed by atoms with Crippen LogP contribution in [0.4, 0.5) is 0 Å². The van der Waals surface area contributed by atoms with Crippen LogP contribution in [0.3, 0.4) is 0 Å². The summed E-state index contributed by atoms with van der Waals surface area (Å²) in [6.07, 6.45) is 1.67. The van der Waals surface area contributed by atoms with Crippen LogP contribution in [0.1, 0.15) is 25.6 Å². The lowest BCUT2D eigenvalue weighted by atomic mass is 10.3. The molecule has 0 aromatic carbocycles. The van der Waals surface area contributed by atoms with Crippen molar-refractivity contribution in [2.75, 3.05) is 33.2 Å². The van der Waals surface area contributed by atoms with Crippen molar-refractivity contribution >= 4 is 0 Å². The zero-order valence-corrected chi connectivity index (χ0v) is 10.5. The predicted molar refractivity (Wildman–Crippen MR) is 63.4 cm³/mol. The first-order valence-corrected chi connectivity index (χ1v) is 5.98. The number of nitrogens with one attached hydrogen (secondary N) is 1. The van der Waals surface area contributed by atoms with Gasteiger partial charge < -0.3 is 14.7 Å². The van der Waals surface area contributed by atoms with E-state index >= 15 is 0 Å². The molecule has 5 heteroatoms. The van der Waals surface area contributed by atoms with Gasteiger partial charge in [-0.05, 0) is 20.1 Å². The lowest BCUT2D eigenvalue weighted by Gasteiger charge is -2.16. The standard InChI is InChI=1S/C11H22N4O/c1-4-15(5-2)9-7-10-13-11(16-14-10)6-8-12-3/h12H,4-9H2,1-3H3. The summed E-state index contributed by atoms with van der Waals surface area (Å²) in [6.45, 7) is 8.34. The number of hydrogen-bond donors (Lipinski definition) is 1. The molecular weight excluding hydrogens is 204 g/mol. The van der Waals surface area contributed by atoms with Crippen LogP contribution >= 0.6 is 0 Å². The van der Waals surface area contributed by atoms with Crippen molar-refractivity contribution in [3.05, 3.63) is 11.7 Å². The van der Waals surface area contributed by atoms with Crippen LogP contribution in [0.25, 0.3) is 0 Å². The van der Waals surface area contributed by atoms with E-state index in [2.05, 4.69) is 34.2 Å². The third kappa shape index (κ3) is 4.28. The van der Waals surface area contributed by atoms with Gasteiger partial charge in [-0.3, -0.25) is 0 Å². The van der Waals surface area contributed by atoms with Gasteiger partial charge >= 0.3 is 0 Å². The fourth-order valence-corrected chi connectivity index (χ4v) is 1.52. The van der Waals surface area contributed by atoms with E-state index in [1.54, 1.807) is 0 Å². The Morgan fingerprint density at radius 1 is 1.25 bits per heavy atom. The summed E-state index contributed by atoms with van der Waals surface area (Å²) in [5.74, 6) is 1.54. The molecule has 5 nitrogen and oxygen atoms in total. The second kappa shape index (κ2) is 7.35. The third-order valence-electron chi connectivity index (χ3n) is 2.65. The first kappa shape index (κ1) is 13.1. The van der Waals surface area contributed by atoms with Crippen molar-refractivity contribution in [3.63, 3.8) is 0 Å². The molecule has 0 atom stereocenters. The van der Waals surface area contributed by atoms with Crippen molar-refractivity contribution in [2.24, 2.45) is 0 Å². The van der Waals surface area contributed by atoms with E-state index in [0.29, 0.717) is 0 Å². The van der Waals surface area contributed by atoms with E-state index in [9.17, 15) is 0 Å². The molecule has 1 aromatic heterocycles. The van der Waals surface area contributed by atoms with E-state index in [4.69, 9.17) is 4.52 Å². The highest BCUT2D eigenvalue weighted by Crippen LogP contribution is 2.00. The Balaban J connectivity index is 2.33. The summed E-state index contributed by atoms with van der Waals surface area (Å²) >= 11 is 0. The average Bonchev–Trinajstić information content (AvgIpc) is 2.76. The highest BCUT2D eigenvalue weighted by Gasteiger charge is 2.07. The van der Waals surface area contributed by atoms with Gasteiger partial charge in [-0.25, -0.2) is 0 Å². The number of aromatic nitrogens is 2. The normalized spacial score (nSPS) is 11.2. The topological polar surface area (TPSA) is 54.2 Å². The Hall–Kier alpha value is -0.940. The molecular formula is C11H22N4O. The van der Waals surface area contributed by atoms with Crippen molar-refractivity contribution in [2.45, 2.75) is 26.7 Å². The van der Waals surface area contributed by atoms with Crippen molar-refractivity contribution in [1.82, 2.24) is 20.4 Å². The minimum atomic E-state index is 0.726. The minimum Gasteiger partial charge on any atom is -0.339 e. The molecule has 1 rings (SSSR count). The molecule has 1 aromatic rings. The fraction of sp³-hybridized carbons (Fsp3) is 0.818. The van der Waals surface area contributed by atoms with Gasteiger partial charge in [-0.2, -0.15) is 4.98 Å². The zero-order chi connectivity index (χ0) is 11.8. The molecule has 0 amide bonds. The zero-order valence-electron chi connectivity index (χ0n) is 10.5. The van der Waals surface area contributed by atoms with Gasteiger partial charge in [-0.1, -0.05) is 19.0 Å². The van der Waals surface area contributed by atoms with Crippen molar-refractivity contribution < 1.29 is 4.52 Å². The molecule has 0 radical (unpaired) electrons. The Kier molecular flexibility index (Phi) is 6.03. The van der Waals surface area contributed by atoms with Gasteiger partial charge in [0, 0.05) is 25.9 Å². The first-order valence-electron chi connectivity index (χ1n) is 5.98. The molecule has 0 fully saturated rings. The Bertz CT molecular complexity index is 283. The summed E-state index contributed by atoms with van der Waals surface area (Å²) in [6, 6.07) is 0. The summed E-state index contributed by atoms with van der Waals surface area (Å²) in [7, 11) is 1.91. The summed E-state index contributed by atoms with van der Waals surface area (Å²) in [5, 5.41) is 7.03. The Labute approximate surface area is 97.2 Å². The summed E-state index contributed by atoms with van der Waals surface area (Å²) in [4.78, 5) is 6.69. The average molecular weight is 226 g/mol. The van der Waals surface area contributed by atoms with Crippen LogP contribution in [0.2, 0.25) is 0 Å². The summed E-state index contributed by atoms with van der Waals surface area (Å²) < 4.78 is 5.15. The van der Waals surface area contributed by atoms with E-state index < -0.39 is 0 Å². The van der Waals surface area contributed by atoms with Gasteiger partial charge in [0.15, 0.2) is 5.82 Å². The molecule has 1 N–H and O–H groups in total. The van der Waals surface area contributed by atoms with Gasteiger partial charge in [0.2, 0.25) is 5.89 Å². The maximum Gasteiger partial charge on any atom is 0.227 e. The Morgan fingerprint density at radius 2 is 2.00 bits per heavy atom. The molecule has 1 heterocycles. The van der Waals surface area contributed by atoms with Gasteiger partial charge in [-0.15, -0.1) is 0 Å². The molecule has 0 aliphatic heterocycles. The highest BCUT2D eigenvalue weighted by atomic mass is 16.5. The van der Waals surface area contributed by atoms with Crippen LogP contribution < -0.4 is 5.32 Å². The predicted octanol–water partition coefficient (Wildman–Crippen LogP) is 0.716. The summed E-state index contributed by atoms with van der Waals surface area (Å²) in [5.41, 5.74) is 0. The quantitative estimate of drug-likeness (QED) is 0.707. The van der Waals surface area contributed by atoms with Gasteiger partial charge in [0.1, 0.15) is 0 Å². The fourth-order valence-electron chi connectivity index (χ4n) is 1.52. The smallest absolute Gasteiger partial charge is 0.227 e. The molecule has 92 valence electrons. The maximum atomic E-state index is 5.15. The lowest BCUT2D eigenvalue weighted by Crippen LogP contribution is -2.25. The van der Waals surface area contributed by atoms with E-state index in [-0.39, 0.29) is 0 Å². The molecule has 0 saturated carbocycles. The Morgan fingerprint density at radius 3 is 2.62 bits per heavy atom. The first-order chi connectivity index (χ1) is 7.80. The van der Waals surface area contributed by atoms with Crippen molar-refractivity contribution in [1.29, 1.82) is 0 Å². The van der Waals surface area contributed by atoms with Gasteiger partial charge in [0.05, 0.1) is 0 Å². The number of rotatable bonds is 8. The maximum absolute atomic E-state index is 5.15. The molecule has 0 saturated heterocycles. The van der Waals surface area contributed by atoms with Crippen LogP contribution in [-0.2, 0) is 12.8 Å². The van der Waals surface area contributed by atoms with E-state index in [1.165, 1.54) is 0 Å². The van der Waals surface area contributed by atoms with E-state index in [1.807, 2.05) is 7.05 Å². The number of likely N-dealkylation sites (N-methyl/N-ethyl adjacent to an activating group) is 2. The van der Waals surface area contributed by atoms with Crippen LogP contribution in [0.15, 0.2) is 4.52 Å². The lowest BCUT2D eigenvalue weighted by molar-refractivity contribution is 0.302. The molecule has 0 bridgehead atoms. The molecule has 0 aliphatic rings. The third-order valence-corrected chi connectivity index (χ3v) is 2.65. The second-order valence-corrected chi connectivity index (χ2v) is 3.73. The van der Waals surface area contributed by atoms with Gasteiger partial charge in [0.25, 0.3) is 0 Å².